The highest BCUT2D eigenvalue weighted by Crippen LogP contribution is 2.29. The van der Waals surface area contributed by atoms with E-state index in [4.69, 9.17) is 4.74 Å². The molecule has 1 aromatic rings. The van der Waals surface area contributed by atoms with Gasteiger partial charge in [0, 0.05) is 24.8 Å². The summed E-state index contributed by atoms with van der Waals surface area (Å²) in [6, 6.07) is 0.333. The quantitative estimate of drug-likeness (QED) is 0.828. The van der Waals surface area contributed by atoms with E-state index in [1.165, 1.54) is 0 Å². The van der Waals surface area contributed by atoms with E-state index in [2.05, 4.69) is 5.10 Å². The first-order valence-corrected chi connectivity index (χ1v) is 6.32. The van der Waals surface area contributed by atoms with Gasteiger partial charge in [0.1, 0.15) is 5.60 Å². The van der Waals surface area contributed by atoms with Gasteiger partial charge in [-0.05, 0) is 33.6 Å². The highest BCUT2D eigenvalue weighted by molar-refractivity contribution is 5.69. The fourth-order valence-corrected chi connectivity index (χ4v) is 1.80. The van der Waals surface area contributed by atoms with Crippen LogP contribution in [0, 0.1) is 0 Å². The van der Waals surface area contributed by atoms with Crippen LogP contribution in [-0.4, -0.2) is 32.4 Å². The molecule has 5 heteroatoms. The van der Waals surface area contributed by atoms with Crippen molar-refractivity contribution in [3.05, 3.63) is 18.0 Å². The van der Waals surface area contributed by atoms with Crippen LogP contribution in [0.3, 0.4) is 0 Å². The molecule has 1 fully saturated rings. The van der Waals surface area contributed by atoms with Gasteiger partial charge < -0.3 is 9.64 Å². The summed E-state index contributed by atoms with van der Waals surface area (Å²) in [6.45, 7) is 6.24. The maximum Gasteiger partial charge on any atom is 0.410 e. The lowest BCUT2D eigenvalue weighted by Crippen LogP contribution is -2.37. The van der Waals surface area contributed by atoms with Crippen molar-refractivity contribution in [2.75, 3.05) is 0 Å². The fraction of sp³-hybridized carbons (Fsp3) is 0.692. The zero-order valence-corrected chi connectivity index (χ0v) is 11.5. The second-order valence-electron chi connectivity index (χ2n) is 5.86. The summed E-state index contributed by atoms with van der Waals surface area (Å²) in [4.78, 5) is 13.9. The molecule has 0 aliphatic heterocycles. The predicted molar refractivity (Wildman–Crippen MR) is 68.0 cm³/mol. The number of ether oxygens (including phenoxy) is 1. The summed E-state index contributed by atoms with van der Waals surface area (Å²) in [7, 11) is 1.87. The molecule has 1 aromatic heterocycles. The minimum atomic E-state index is -0.445. The van der Waals surface area contributed by atoms with Crippen molar-refractivity contribution >= 4 is 6.09 Å². The van der Waals surface area contributed by atoms with Crippen LogP contribution in [0.1, 0.15) is 39.2 Å². The van der Waals surface area contributed by atoms with Crippen LogP contribution in [0.15, 0.2) is 12.4 Å². The number of aromatic nitrogens is 2. The number of amides is 1. The van der Waals surface area contributed by atoms with Crippen LogP contribution in [-0.2, 0) is 18.3 Å². The molecule has 0 bridgehead atoms. The van der Waals surface area contributed by atoms with Gasteiger partial charge in [0.2, 0.25) is 0 Å². The Hall–Kier alpha value is -1.52. The monoisotopic (exact) mass is 251 g/mol. The van der Waals surface area contributed by atoms with E-state index in [-0.39, 0.29) is 6.09 Å². The minimum Gasteiger partial charge on any atom is -0.444 e. The second kappa shape index (κ2) is 4.63. The fourth-order valence-electron chi connectivity index (χ4n) is 1.80. The van der Waals surface area contributed by atoms with Gasteiger partial charge in [-0.25, -0.2) is 4.79 Å². The lowest BCUT2D eigenvalue weighted by molar-refractivity contribution is 0.0216. The number of nitrogens with zero attached hydrogens (tertiary/aromatic N) is 3. The first kappa shape index (κ1) is 12.9. The van der Waals surface area contributed by atoms with Gasteiger partial charge in [0.05, 0.1) is 12.7 Å². The second-order valence-corrected chi connectivity index (χ2v) is 5.86. The van der Waals surface area contributed by atoms with Crippen molar-refractivity contribution < 1.29 is 9.53 Å². The van der Waals surface area contributed by atoms with Crippen molar-refractivity contribution in [1.82, 2.24) is 14.7 Å². The lowest BCUT2D eigenvalue weighted by atomic mass is 10.2. The summed E-state index contributed by atoms with van der Waals surface area (Å²) >= 11 is 0. The third-order valence-electron chi connectivity index (χ3n) is 2.73. The third-order valence-corrected chi connectivity index (χ3v) is 2.73. The molecular weight excluding hydrogens is 230 g/mol. The van der Waals surface area contributed by atoms with Crippen molar-refractivity contribution in [3.63, 3.8) is 0 Å². The Morgan fingerprint density at radius 1 is 1.56 bits per heavy atom. The molecule has 1 aliphatic rings. The molecule has 0 unspecified atom stereocenters. The molecule has 1 aliphatic carbocycles. The summed E-state index contributed by atoms with van der Waals surface area (Å²) < 4.78 is 7.19. The van der Waals surface area contributed by atoms with Gasteiger partial charge in [-0.15, -0.1) is 0 Å². The number of hydrogen-bond acceptors (Lipinski definition) is 3. The van der Waals surface area contributed by atoms with Crippen molar-refractivity contribution in [3.8, 4) is 0 Å². The molecule has 2 rings (SSSR count). The average molecular weight is 251 g/mol. The molecule has 0 saturated heterocycles. The highest BCUT2D eigenvalue weighted by atomic mass is 16.6. The summed E-state index contributed by atoms with van der Waals surface area (Å²) in [5.74, 6) is 0. The van der Waals surface area contributed by atoms with E-state index in [9.17, 15) is 4.79 Å². The van der Waals surface area contributed by atoms with E-state index in [1.807, 2.05) is 38.9 Å². The summed E-state index contributed by atoms with van der Waals surface area (Å²) in [5, 5.41) is 4.12. The third kappa shape index (κ3) is 3.48. The van der Waals surface area contributed by atoms with E-state index >= 15 is 0 Å². The van der Waals surface area contributed by atoms with Gasteiger partial charge in [0.25, 0.3) is 0 Å². The molecule has 1 amide bonds. The molecule has 0 radical (unpaired) electrons. The Morgan fingerprint density at radius 2 is 2.22 bits per heavy atom. The first-order valence-electron chi connectivity index (χ1n) is 6.32. The molecule has 5 nitrogen and oxygen atoms in total. The molecule has 1 saturated carbocycles. The minimum absolute atomic E-state index is 0.228. The van der Waals surface area contributed by atoms with Crippen LogP contribution in [0.4, 0.5) is 4.79 Å². The van der Waals surface area contributed by atoms with Gasteiger partial charge >= 0.3 is 6.09 Å². The van der Waals surface area contributed by atoms with Crippen LogP contribution in [0.5, 0.6) is 0 Å². The number of hydrogen-bond donors (Lipinski definition) is 0. The average Bonchev–Trinajstić information content (AvgIpc) is 2.97. The standard InChI is InChI=1S/C13H21N3O2/c1-13(2,3)18-12(17)16(11-5-6-11)9-10-7-14-15(4)8-10/h7-8,11H,5-6,9H2,1-4H3. The summed E-state index contributed by atoms with van der Waals surface area (Å²) in [5.41, 5.74) is 0.592. The normalized spacial score (nSPS) is 15.6. The number of carbonyl (C=O) groups excluding carboxylic acids is 1. The molecule has 18 heavy (non-hydrogen) atoms. The molecule has 0 spiro atoms. The maximum absolute atomic E-state index is 12.1. The highest BCUT2D eigenvalue weighted by Gasteiger charge is 2.35. The van der Waals surface area contributed by atoms with Crippen molar-refractivity contribution in [2.24, 2.45) is 7.05 Å². The maximum atomic E-state index is 12.1. The Bertz CT molecular complexity index is 430. The Morgan fingerprint density at radius 3 is 2.67 bits per heavy atom. The van der Waals surface area contributed by atoms with Gasteiger partial charge in [-0.2, -0.15) is 5.10 Å². The first-order chi connectivity index (χ1) is 8.35. The van der Waals surface area contributed by atoms with Crippen LogP contribution in [0.25, 0.3) is 0 Å². The number of carbonyl (C=O) groups is 1. The molecular formula is C13H21N3O2. The summed E-state index contributed by atoms with van der Waals surface area (Å²) in [6.07, 6.45) is 5.63. The van der Waals surface area contributed by atoms with Gasteiger partial charge in [0.15, 0.2) is 0 Å². The molecule has 0 N–H and O–H groups in total. The topological polar surface area (TPSA) is 47.4 Å². The van der Waals surface area contributed by atoms with E-state index in [1.54, 1.807) is 10.9 Å². The van der Waals surface area contributed by atoms with E-state index < -0.39 is 5.60 Å². The van der Waals surface area contributed by atoms with Gasteiger partial charge in [-0.3, -0.25) is 4.68 Å². The Kier molecular flexibility index (Phi) is 3.32. The molecule has 0 atom stereocenters. The number of rotatable bonds is 3. The predicted octanol–water partition coefficient (Wildman–Crippen LogP) is 2.32. The largest absolute Gasteiger partial charge is 0.444 e. The van der Waals surface area contributed by atoms with Crippen molar-refractivity contribution in [1.29, 1.82) is 0 Å². The van der Waals surface area contributed by atoms with Crippen molar-refractivity contribution in [2.45, 2.75) is 51.8 Å². The van der Waals surface area contributed by atoms with Crippen LogP contribution in [0.2, 0.25) is 0 Å². The van der Waals surface area contributed by atoms with Gasteiger partial charge in [-0.1, -0.05) is 0 Å². The Balaban J connectivity index is 2.02. The molecule has 1 heterocycles. The Labute approximate surface area is 108 Å². The smallest absolute Gasteiger partial charge is 0.410 e. The van der Waals surface area contributed by atoms with Crippen LogP contribution < -0.4 is 0 Å². The molecule has 0 aromatic carbocycles. The van der Waals surface area contributed by atoms with E-state index in [0.717, 1.165) is 18.4 Å². The van der Waals surface area contributed by atoms with Crippen LogP contribution >= 0.6 is 0 Å². The zero-order valence-electron chi connectivity index (χ0n) is 11.5. The SMILES string of the molecule is Cn1cc(CN(C(=O)OC(C)(C)C)C2CC2)cn1. The number of aryl methyl sites for hydroxylation is 1. The molecule has 100 valence electrons. The zero-order chi connectivity index (χ0) is 13.3. The van der Waals surface area contributed by atoms with E-state index in [0.29, 0.717) is 12.6 Å². The lowest BCUT2D eigenvalue weighted by Gasteiger charge is -2.27.